The fourth-order valence-corrected chi connectivity index (χ4v) is 3.43. The van der Waals surface area contributed by atoms with E-state index in [-0.39, 0.29) is 0 Å². The molecule has 0 atom stereocenters. The van der Waals surface area contributed by atoms with Gasteiger partial charge in [0, 0.05) is 6.20 Å². The van der Waals surface area contributed by atoms with Crippen LogP contribution in [-0.2, 0) is 0 Å². The van der Waals surface area contributed by atoms with Crippen molar-refractivity contribution in [2.75, 3.05) is 0 Å². The summed E-state index contributed by atoms with van der Waals surface area (Å²) in [6, 6.07) is 4.01. The lowest BCUT2D eigenvalue weighted by atomic mass is 10.3. The molecule has 0 saturated carbocycles. The maximum absolute atomic E-state index is 4.62. The first-order valence-electron chi connectivity index (χ1n) is 5.30. The molecule has 6 heteroatoms. The van der Waals surface area contributed by atoms with Crippen LogP contribution < -0.4 is 0 Å². The number of hydrogen-bond donors (Lipinski definition) is 0. The van der Waals surface area contributed by atoms with Crippen LogP contribution in [0.5, 0.6) is 0 Å². The molecular formula is C12H6N4S2. The number of aromatic nitrogens is 4. The van der Waals surface area contributed by atoms with Gasteiger partial charge in [-0.25, -0.2) is 15.0 Å². The van der Waals surface area contributed by atoms with Crippen molar-refractivity contribution >= 4 is 43.2 Å². The lowest BCUT2D eigenvalue weighted by molar-refractivity contribution is 1.23. The van der Waals surface area contributed by atoms with Gasteiger partial charge in [-0.1, -0.05) is 0 Å². The van der Waals surface area contributed by atoms with E-state index in [4.69, 9.17) is 0 Å². The second-order valence-electron chi connectivity index (χ2n) is 3.75. The van der Waals surface area contributed by atoms with Crippen molar-refractivity contribution in [1.82, 2.24) is 19.9 Å². The Morgan fingerprint density at radius 1 is 1.06 bits per heavy atom. The zero-order valence-electron chi connectivity index (χ0n) is 9.07. The molecule has 0 spiro atoms. The summed E-state index contributed by atoms with van der Waals surface area (Å²) in [7, 11) is 0. The Kier molecular flexibility index (Phi) is 2.12. The van der Waals surface area contributed by atoms with Gasteiger partial charge in [-0.05, 0) is 17.5 Å². The van der Waals surface area contributed by atoms with Crippen LogP contribution in [0.4, 0.5) is 0 Å². The van der Waals surface area contributed by atoms with Gasteiger partial charge < -0.3 is 0 Å². The Labute approximate surface area is 110 Å². The molecule has 0 bridgehead atoms. The molecule has 86 valence electrons. The number of nitrogens with zero attached hydrogens (tertiary/aromatic N) is 4. The molecule has 4 rings (SSSR count). The van der Waals surface area contributed by atoms with E-state index in [1.54, 1.807) is 29.0 Å². The Hall–Kier alpha value is -1.92. The summed E-state index contributed by atoms with van der Waals surface area (Å²) >= 11 is 3.24. The lowest BCUT2D eigenvalue weighted by Crippen LogP contribution is -1.82. The summed E-state index contributed by atoms with van der Waals surface area (Å²) in [5.74, 6) is 0. The van der Waals surface area contributed by atoms with Crippen LogP contribution in [0, 0.1) is 0 Å². The minimum Gasteiger partial charge on any atom is -0.251 e. The van der Waals surface area contributed by atoms with Gasteiger partial charge in [0.1, 0.15) is 16.9 Å². The van der Waals surface area contributed by atoms with Crippen LogP contribution in [0.3, 0.4) is 0 Å². The van der Waals surface area contributed by atoms with E-state index in [2.05, 4.69) is 19.9 Å². The molecule has 0 aliphatic carbocycles. The lowest BCUT2D eigenvalue weighted by Gasteiger charge is -1.94. The molecule has 0 saturated heterocycles. The van der Waals surface area contributed by atoms with Crippen molar-refractivity contribution in [1.29, 1.82) is 0 Å². The molecule has 0 radical (unpaired) electrons. The summed E-state index contributed by atoms with van der Waals surface area (Å²) < 4.78 is 1.07. The van der Waals surface area contributed by atoms with E-state index in [9.17, 15) is 0 Å². The van der Waals surface area contributed by atoms with Crippen molar-refractivity contribution in [3.05, 3.63) is 36.2 Å². The molecule has 0 unspecified atom stereocenters. The highest BCUT2D eigenvalue weighted by molar-refractivity contribution is 7.22. The predicted molar refractivity (Wildman–Crippen MR) is 73.8 cm³/mol. The molecule has 4 aromatic rings. The first kappa shape index (κ1) is 10.0. The molecule has 4 heterocycles. The second kappa shape index (κ2) is 3.79. The quantitative estimate of drug-likeness (QED) is 0.532. The average Bonchev–Trinajstić information content (AvgIpc) is 3.04. The van der Waals surface area contributed by atoms with Gasteiger partial charge in [0.15, 0.2) is 0 Å². The summed E-state index contributed by atoms with van der Waals surface area (Å²) in [6.45, 7) is 0. The van der Waals surface area contributed by atoms with Crippen LogP contribution >= 0.6 is 22.7 Å². The van der Waals surface area contributed by atoms with E-state index < -0.39 is 0 Å². The van der Waals surface area contributed by atoms with Crippen LogP contribution in [0.1, 0.15) is 0 Å². The monoisotopic (exact) mass is 270 g/mol. The number of hydrogen-bond acceptors (Lipinski definition) is 6. The maximum Gasteiger partial charge on any atom is 0.142 e. The predicted octanol–water partition coefficient (Wildman–Crippen LogP) is 3.36. The topological polar surface area (TPSA) is 51.6 Å². The third-order valence-electron chi connectivity index (χ3n) is 2.62. The Balaban J connectivity index is 1.94. The van der Waals surface area contributed by atoms with Crippen molar-refractivity contribution in [3.8, 4) is 10.6 Å². The summed E-state index contributed by atoms with van der Waals surface area (Å²) in [4.78, 5) is 19.3. The molecule has 18 heavy (non-hydrogen) atoms. The SMILES string of the molecule is c1ncc2sc(-c3cnc4ccsc4n3)cc2n1. The van der Waals surface area contributed by atoms with Crippen molar-refractivity contribution < 1.29 is 0 Å². The third kappa shape index (κ3) is 1.50. The first-order valence-corrected chi connectivity index (χ1v) is 7.00. The normalized spacial score (nSPS) is 11.3. The molecule has 0 fully saturated rings. The molecule has 0 aliphatic rings. The van der Waals surface area contributed by atoms with Crippen LogP contribution in [0.2, 0.25) is 0 Å². The van der Waals surface area contributed by atoms with Gasteiger partial charge in [0.2, 0.25) is 0 Å². The smallest absolute Gasteiger partial charge is 0.142 e. The summed E-state index contributed by atoms with van der Waals surface area (Å²) in [5.41, 5.74) is 2.80. The number of fused-ring (bicyclic) bond motifs is 2. The molecule has 4 nitrogen and oxygen atoms in total. The minimum absolute atomic E-state index is 0.896. The molecule has 0 aliphatic heterocycles. The van der Waals surface area contributed by atoms with E-state index >= 15 is 0 Å². The highest BCUT2D eigenvalue weighted by atomic mass is 32.1. The zero-order chi connectivity index (χ0) is 11.9. The molecular weight excluding hydrogens is 264 g/mol. The minimum atomic E-state index is 0.896. The fraction of sp³-hybridized carbons (Fsp3) is 0. The van der Waals surface area contributed by atoms with E-state index in [0.717, 1.165) is 31.1 Å². The Bertz CT molecular complexity index is 816. The van der Waals surface area contributed by atoms with Gasteiger partial charge in [0.05, 0.1) is 26.8 Å². The summed E-state index contributed by atoms with van der Waals surface area (Å²) in [5, 5.41) is 2.00. The Morgan fingerprint density at radius 2 is 2.06 bits per heavy atom. The van der Waals surface area contributed by atoms with E-state index in [0.29, 0.717) is 0 Å². The highest BCUT2D eigenvalue weighted by Gasteiger charge is 2.08. The molecule has 4 aromatic heterocycles. The van der Waals surface area contributed by atoms with Crippen molar-refractivity contribution in [2.24, 2.45) is 0 Å². The van der Waals surface area contributed by atoms with Crippen molar-refractivity contribution in [2.45, 2.75) is 0 Å². The van der Waals surface area contributed by atoms with Gasteiger partial charge in [-0.3, -0.25) is 4.98 Å². The van der Waals surface area contributed by atoms with Gasteiger partial charge in [-0.2, -0.15) is 0 Å². The Morgan fingerprint density at radius 3 is 3.00 bits per heavy atom. The van der Waals surface area contributed by atoms with Crippen LogP contribution in [-0.4, -0.2) is 19.9 Å². The third-order valence-corrected chi connectivity index (χ3v) is 4.50. The zero-order valence-corrected chi connectivity index (χ0v) is 10.7. The molecule has 0 N–H and O–H groups in total. The maximum atomic E-state index is 4.62. The van der Waals surface area contributed by atoms with Gasteiger partial charge >= 0.3 is 0 Å². The number of rotatable bonds is 1. The number of thiophene rings is 2. The van der Waals surface area contributed by atoms with E-state index in [1.165, 1.54) is 0 Å². The van der Waals surface area contributed by atoms with Crippen LogP contribution in [0.15, 0.2) is 36.2 Å². The van der Waals surface area contributed by atoms with Gasteiger partial charge in [0.25, 0.3) is 0 Å². The first-order chi connectivity index (χ1) is 8.90. The molecule has 0 amide bonds. The van der Waals surface area contributed by atoms with Crippen molar-refractivity contribution in [3.63, 3.8) is 0 Å². The summed E-state index contributed by atoms with van der Waals surface area (Å²) in [6.07, 6.45) is 5.20. The molecule has 0 aromatic carbocycles. The highest BCUT2D eigenvalue weighted by Crippen LogP contribution is 2.31. The van der Waals surface area contributed by atoms with Crippen LogP contribution in [0.25, 0.3) is 31.1 Å². The largest absolute Gasteiger partial charge is 0.251 e. The standard InChI is InChI=1S/C12H6N4S2/c1-2-17-12-7(1)14-4-9(16-12)10-3-8-11(18-10)5-13-6-15-8/h1-6H. The van der Waals surface area contributed by atoms with E-state index in [1.807, 2.05) is 29.9 Å². The second-order valence-corrected chi connectivity index (χ2v) is 5.73. The average molecular weight is 270 g/mol. The van der Waals surface area contributed by atoms with Gasteiger partial charge in [-0.15, -0.1) is 22.7 Å². The fourth-order valence-electron chi connectivity index (χ4n) is 1.78.